The third kappa shape index (κ3) is 6.30. The molecule has 9 nitrogen and oxygen atoms in total. The lowest BCUT2D eigenvalue weighted by atomic mass is 10.1. The van der Waals surface area contributed by atoms with Crippen LogP contribution in [0.1, 0.15) is 40.3 Å². The van der Waals surface area contributed by atoms with Gasteiger partial charge in [-0.15, -0.1) is 10.2 Å². The van der Waals surface area contributed by atoms with E-state index in [4.69, 9.17) is 9.47 Å². The normalized spacial score (nSPS) is 11.5. The average Bonchev–Trinajstić information content (AvgIpc) is 3.27. The number of thioether (sulfide) groups is 1. The number of nitriles is 1. The Morgan fingerprint density at radius 2 is 1.87 bits per heavy atom. The summed E-state index contributed by atoms with van der Waals surface area (Å²) in [5, 5.41) is 29.6. The van der Waals surface area contributed by atoms with Gasteiger partial charge in [-0.2, -0.15) is 5.26 Å². The molecule has 38 heavy (non-hydrogen) atoms. The van der Waals surface area contributed by atoms with E-state index in [1.165, 1.54) is 11.8 Å². The second-order valence-corrected chi connectivity index (χ2v) is 9.69. The highest BCUT2D eigenvalue weighted by Gasteiger charge is 2.25. The lowest BCUT2D eigenvalue weighted by Crippen LogP contribution is -2.12. The molecule has 0 N–H and O–H groups in total. The van der Waals surface area contributed by atoms with Crippen molar-refractivity contribution in [1.29, 1.82) is 5.26 Å². The van der Waals surface area contributed by atoms with Crippen molar-refractivity contribution in [1.82, 2.24) is 14.8 Å². The number of rotatable bonds is 11. The van der Waals surface area contributed by atoms with Crippen LogP contribution in [0.5, 0.6) is 11.5 Å². The molecule has 1 aromatic heterocycles. The molecule has 0 aliphatic carbocycles. The van der Waals surface area contributed by atoms with Crippen LogP contribution in [-0.4, -0.2) is 32.8 Å². The van der Waals surface area contributed by atoms with Crippen LogP contribution in [0.15, 0.2) is 71.9 Å². The molecular weight excluding hydrogens is 502 g/mol. The number of ether oxygens (including phenoxy) is 2. The maximum atomic E-state index is 11.6. The van der Waals surface area contributed by atoms with E-state index in [0.29, 0.717) is 40.2 Å². The minimum atomic E-state index is -0.551. The molecule has 0 bridgehead atoms. The molecule has 0 aliphatic heterocycles. The van der Waals surface area contributed by atoms with Gasteiger partial charge in [-0.05, 0) is 62.2 Å². The zero-order chi connectivity index (χ0) is 27.1. The van der Waals surface area contributed by atoms with Crippen LogP contribution in [-0.2, 0) is 6.61 Å². The fraction of sp³-hybridized carbons (Fsp3) is 0.250. The van der Waals surface area contributed by atoms with Gasteiger partial charge in [0, 0.05) is 16.2 Å². The predicted molar refractivity (Wildman–Crippen MR) is 144 cm³/mol. The fourth-order valence-corrected chi connectivity index (χ4v) is 5.14. The van der Waals surface area contributed by atoms with Gasteiger partial charge in [0.05, 0.1) is 18.2 Å². The Morgan fingerprint density at radius 1 is 1.05 bits per heavy atom. The molecule has 0 aliphatic rings. The number of aryl methyl sites for hydroxylation is 2. The fourth-order valence-electron chi connectivity index (χ4n) is 3.98. The first-order chi connectivity index (χ1) is 18.4. The Balaban J connectivity index is 1.64. The van der Waals surface area contributed by atoms with E-state index in [1.54, 1.807) is 30.3 Å². The zero-order valence-corrected chi connectivity index (χ0v) is 22.1. The molecule has 3 aromatic carbocycles. The number of hydrogen-bond acceptors (Lipinski definition) is 8. The van der Waals surface area contributed by atoms with Crippen molar-refractivity contribution in [3.63, 3.8) is 0 Å². The Kier molecular flexibility index (Phi) is 8.61. The highest BCUT2D eigenvalue weighted by Crippen LogP contribution is 2.40. The van der Waals surface area contributed by atoms with Gasteiger partial charge in [0.25, 0.3) is 0 Å². The molecule has 10 heteroatoms. The summed E-state index contributed by atoms with van der Waals surface area (Å²) in [5.74, 6) is 1.66. The number of benzene rings is 3. The van der Waals surface area contributed by atoms with Gasteiger partial charge in [-0.3, -0.25) is 14.7 Å². The Bertz CT molecular complexity index is 1480. The topological polar surface area (TPSA) is 116 Å². The number of nitrogens with zero attached hydrogens (tertiary/aromatic N) is 5. The van der Waals surface area contributed by atoms with E-state index in [2.05, 4.69) is 16.3 Å². The summed E-state index contributed by atoms with van der Waals surface area (Å²) < 4.78 is 13.7. The molecule has 0 spiro atoms. The van der Waals surface area contributed by atoms with Gasteiger partial charge >= 0.3 is 0 Å². The average molecular weight is 530 g/mol. The molecule has 0 amide bonds. The summed E-state index contributed by atoms with van der Waals surface area (Å²) in [6.45, 7) is 5.98. The third-order valence-electron chi connectivity index (χ3n) is 5.78. The van der Waals surface area contributed by atoms with Crippen LogP contribution < -0.4 is 9.47 Å². The highest BCUT2D eigenvalue weighted by molar-refractivity contribution is 7.99. The van der Waals surface area contributed by atoms with E-state index in [-0.39, 0.29) is 18.1 Å². The zero-order valence-electron chi connectivity index (χ0n) is 21.3. The van der Waals surface area contributed by atoms with Crippen molar-refractivity contribution in [2.45, 2.75) is 37.8 Å². The van der Waals surface area contributed by atoms with Crippen LogP contribution in [0.2, 0.25) is 0 Å². The molecule has 0 saturated heterocycles. The molecule has 4 rings (SSSR count). The molecule has 0 unspecified atom stereocenters. The summed E-state index contributed by atoms with van der Waals surface area (Å²) >= 11 is 1.28. The Labute approximate surface area is 225 Å². The maximum Gasteiger partial charge on any atom is 0.220 e. The van der Waals surface area contributed by atoms with Crippen molar-refractivity contribution >= 4 is 11.8 Å². The molecule has 0 saturated carbocycles. The molecule has 4 aromatic rings. The number of nitro groups is 1. The van der Waals surface area contributed by atoms with Crippen molar-refractivity contribution in [2.75, 3.05) is 13.2 Å². The SMILES string of the molecule is CCOc1cc([C@@H](C[N+](=O)[O-])Sc2nnc(C)n2-c2cccc(C)c2)ccc1OCc1ccccc1C#N. The smallest absolute Gasteiger partial charge is 0.220 e. The second-order valence-electron chi connectivity index (χ2n) is 8.52. The standard InChI is InChI=1S/C28H27N5O4S/c1-4-36-26-15-21(12-13-25(26)37-18-23-10-6-5-9-22(23)16-29)27(17-32(34)35)38-28-31-30-20(3)33(28)24-11-7-8-19(2)14-24/h5-15,27H,4,17-18H2,1-3H3/t27-/m1/s1. The monoisotopic (exact) mass is 529 g/mol. The van der Waals surface area contributed by atoms with E-state index >= 15 is 0 Å². The first-order valence-electron chi connectivity index (χ1n) is 12.0. The summed E-state index contributed by atoms with van der Waals surface area (Å²) in [5.41, 5.74) is 3.98. The van der Waals surface area contributed by atoms with E-state index in [0.717, 1.165) is 16.8 Å². The van der Waals surface area contributed by atoms with Crippen LogP contribution in [0, 0.1) is 35.3 Å². The lowest BCUT2D eigenvalue weighted by Gasteiger charge is -2.18. The lowest BCUT2D eigenvalue weighted by molar-refractivity contribution is -0.479. The number of aromatic nitrogens is 3. The van der Waals surface area contributed by atoms with E-state index in [1.807, 2.05) is 61.7 Å². The van der Waals surface area contributed by atoms with Crippen molar-refractivity contribution in [3.8, 4) is 23.3 Å². The summed E-state index contributed by atoms with van der Waals surface area (Å²) in [6, 6.07) is 22.7. The van der Waals surface area contributed by atoms with E-state index < -0.39 is 5.25 Å². The molecule has 1 heterocycles. The van der Waals surface area contributed by atoms with Crippen molar-refractivity contribution < 1.29 is 14.4 Å². The highest BCUT2D eigenvalue weighted by atomic mass is 32.2. The molecule has 194 valence electrons. The predicted octanol–water partition coefficient (Wildman–Crippen LogP) is 5.84. The van der Waals surface area contributed by atoms with Crippen molar-refractivity contribution in [3.05, 3.63) is 105 Å². The van der Waals surface area contributed by atoms with Crippen LogP contribution >= 0.6 is 11.8 Å². The van der Waals surface area contributed by atoms with Crippen molar-refractivity contribution in [2.24, 2.45) is 0 Å². The Morgan fingerprint density at radius 3 is 2.61 bits per heavy atom. The van der Waals surface area contributed by atoms with Crippen LogP contribution in [0.4, 0.5) is 0 Å². The summed E-state index contributed by atoms with van der Waals surface area (Å²) in [7, 11) is 0. The van der Waals surface area contributed by atoms with Crippen LogP contribution in [0.25, 0.3) is 5.69 Å². The van der Waals surface area contributed by atoms with Gasteiger partial charge in [0.15, 0.2) is 16.7 Å². The van der Waals surface area contributed by atoms with Crippen LogP contribution in [0.3, 0.4) is 0 Å². The largest absolute Gasteiger partial charge is 0.490 e. The molecular formula is C28H27N5O4S. The quantitative estimate of drug-likeness (QED) is 0.135. The van der Waals surface area contributed by atoms with Gasteiger partial charge in [0.1, 0.15) is 17.7 Å². The minimum Gasteiger partial charge on any atom is -0.490 e. The van der Waals surface area contributed by atoms with E-state index in [9.17, 15) is 15.4 Å². The second kappa shape index (κ2) is 12.3. The maximum absolute atomic E-state index is 11.6. The molecule has 0 fully saturated rings. The first kappa shape index (κ1) is 26.7. The first-order valence-corrected chi connectivity index (χ1v) is 12.9. The van der Waals surface area contributed by atoms with Gasteiger partial charge in [-0.1, -0.05) is 48.2 Å². The van der Waals surface area contributed by atoms with Gasteiger partial charge < -0.3 is 9.47 Å². The van der Waals surface area contributed by atoms with Gasteiger partial charge in [-0.25, -0.2) is 0 Å². The Hall–Kier alpha value is -4.36. The third-order valence-corrected chi connectivity index (χ3v) is 6.96. The summed E-state index contributed by atoms with van der Waals surface area (Å²) in [4.78, 5) is 11.3. The number of hydrogen-bond donors (Lipinski definition) is 0. The minimum absolute atomic E-state index is 0.190. The van der Waals surface area contributed by atoms with Gasteiger partial charge in [0.2, 0.25) is 6.54 Å². The summed E-state index contributed by atoms with van der Waals surface area (Å²) in [6.07, 6.45) is 0. The molecule has 0 radical (unpaired) electrons. The molecule has 1 atom stereocenters.